The van der Waals surface area contributed by atoms with Crippen LogP contribution in [0.4, 0.5) is 5.13 Å². The molecular formula is C34H34N2O7S. The van der Waals surface area contributed by atoms with Gasteiger partial charge in [0.15, 0.2) is 28.1 Å². The number of hydrogen-bond donors (Lipinski definition) is 1. The molecule has 228 valence electrons. The van der Waals surface area contributed by atoms with Crippen LogP contribution in [0.2, 0.25) is 0 Å². The van der Waals surface area contributed by atoms with E-state index in [-0.39, 0.29) is 11.3 Å². The molecular weight excluding hydrogens is 580 g/mol. The van der Waals surface area contributed by atoms with E-state index in [4.69, 9.17) is 23.9 Å². The predicted octanol–water partition coefficient (Wildman–Crippen LogP) is 6.83. The summed E-state index contributed by atoms with van der Waals surface area (Å²) >= 11 is 1.32. The van der Waals surface area contributed by atoms with Crippen LogP contribution in [0, 0.1) is 12.8 Å². The van der Waals surface area contributed by atoms with E-state index in [9.17, 15) is 14.7 Å². The molecule has 0 radical (unpaired) electrons. The van der Waals surface area contributed by atoms with Gasteiger partial charge in [0.25, 0.3) is 5.78 Å². The van der Waals surface area contributed by atoms with Gasteiger partial charge in [-0.1, -0.05) is 37.3 Å². The lowest BCUT2D eigenvalue weighted by atomic mass is 9.95. The summed E-state index contributed by atoms with van der Waals surface area (Å²) in [6.45, 7) is 9.81. The summed E-state index contributed by atoms with van der Waals surface area (Å²) in [7, 11) is 0. The zero-order valence-corrected chi connectivity index (χ0v) is 25.9. The topological polar surface area (TPSA) is 107 Å². The van der Waals surface area contributed by atoms with Crippen molar-refractivity contribution in [1.29, 1.82) is 0 Å². The SMILES string of the molecule is CCOc1cc([C@@H]2C(=C(O)c3ccc4c(c3)OCCO4)C(=O)C(=O)N2c2nc3ccc(C)cc3s2)ccc1OCCC(C)C. The highest BCUT2D eigenvalue weighted by Crippen LogP contribution is 2.46. The van der Waals surface area contributed by atoms with Gasteiger partial charge in [-0.05, 0) is 79.8 Å². The third-order valence-electron chi connectivity index (χ3n) is 7.53. The first-order chi connectivity index (χ1) is 21.2. The lowest BCUT2D eigenvalue weighted by molar-refractivity contribution is -0.132. The number of thiazole rings is 1. The van der Waals surface area contributed by atoms with E-state index >= 15 is 0 Å². The van der Waals surface area contributed by atoms with Crippen LogP contribution >= 0.6 is 11.3 Å². The first-order valence-corrected chi connectivity index (χ1v) is 15.5. The first-order valence-electron chi connectivity index (χ1n) is 14.7. The Morgan fingerprint density at radius 2 is 1.82 bits per heavy atom. The van der Waals surface area contributed by atoms with E-state index in [0.717, 1.165) is 16.7 Å². The van der Waals surface area contributed by atoms with Crippen LogP contribution in [0.5, 0.6) is 23.0 Å². The van der Waals surface area contributed by atoms with Gasteiger partial charge in [0, 0.05) is 5.56 Å². The van der Waals surface area contributed by atoms with Crippen LogP contribution in [0.15, 0.2) is 60.2 Å². The fourth-order valence-corrected chi connectivity index (χ4v) is 6.39. The number of aromatic nitrogens is 1. The van der Waals surface area contributed by atoms with Gasteiger partial charge in [-0.15, -0.1) is 0 Å². The molecule has 1 saturated heterocycles. The average Bonchev–Trinajstić information content (AvgIpc) is 3.54. The van der Waals surface area contributed by atoms with Gasteiger partial charge >= 0.3 is 5.91 Å². The number of aliphatic hydroxyl groups excluding tert-OH is 1. The van der Waals surface area contributed by atoms with Crippen molar-refractivity contribution in [2.24, 2.45) is 5.92 Å². The molecule has 44 heavy (non-hydrogen) atoms. The molecule has 0 unspecified atom stereocenters. The summed E-state index contributed by atoms with van der Waals surface area (Å²) in [5.41, 5.74) is 2.61. The lowest BCUT2D eigenvalue weighted by Crippen LogP contribution is -2.29. The molecule has 3 aromatic carbocycles. The largest absolute Gasteiger partial charge is 0.507 e. The Balaban J connectivity index is 1.50. The Kier molecular flexibility index (Phi) is 8.18. The molecule has 2 aliphatic heterocycles. The Morgan fingerprint density at radius 1 is 1.02 bits per heavy atom. The minimum Gasteiger partial charge on any atom is -0.507 e. The van der Waals surface area contributed by atoms with Gasteiger partial charge in [-0.3, -0.25) is 14.5 Å². The van der Waals surface area contributed by atoms with Crippen LogP contribution in [-0.4, -0.2) is 48.2 Å². The lowest BCUT2D eigenvalue weighted by Gasteiger charge is -2.24. The monoisotopic (exact) mass is 614 g/mol. The highest BCUT2D eigenvalue weighted by Gasteiger charge is 2.48. The normalized spacial score (nSPS) is 17.5. The smallest absolute Gasteiger partial charge is 0.301 e. The van der Waals surface area contributed by atoms with Crippen molar-refractivity contribution in [2.75, 3.05) is 31.3 Å². The highest BCUT2D eigenvalue weighted by molar-refractivity contribution is 7.22. The van der Waals surface area contributed by atoms with Crippen molar-refractivity contribution in [3.63, 3.8) is 0 Å². The molecule has 9 nitrogen and oxygen atoms in total. The number of aryl methyl sites for hydroxylation is 1. The number of nitrogens with zero attached hydrogens (tertiary/aromatic N) is 2. The first kappa shape index (κ1) is 29.5. The van der Waals surface area contributed by atoms with E-state index in [1.807, 2.05) is 32.0 Å². The summed E-state index contributed by atoms with van der Waals surface area (Å²) < 4.78 is 24.2. The second kappa shape index (κ2) is 12.2. The van der Waals surface area contributed by atoms with Gasteiger partial charge in [0.1, 0.15) is 19.0 Å². The van der Waals surface area contributed by atoms with Crippen molar-refractivity contribution in [3.05, 3.63) is 76.9 Å². The molecule has 0 saturated carbocycles. The number of carbonyl (C=O) groups excluding carboxylic acids is 2. The molecule has 10 heteroatoms. The molecule has 0 bridgehead atoms. The fraction of sp³-hybridized carbons (Fsp3) is 0.324. The van der Waals surface area contributed by atoms with Gasteiger partial charge in [-0.25, -0.2) is 4.98 Å². The van der Waals surface area contributed by atoms with Crippen LogP contribution in [0.1, 0.15) is 49.9 Å². The quantitative estimate of drug-likeness (QED) is 0.124. The Bertz CT molecular complexity index is 1780. The molecule has 1 atom stereocenters. The number of anilines is 1. The van der Waals surface area contributed by atoms with Crippen molar-refractivity contribution >= 4 is 44.1 Å². The molecule has 1 N–H and O–H groups in total. The molecule has 4 aromatic rings. The van der Waals surface area contributed by atoms with Crippen LogP contribution in [0.25, 0.3) is 16.0 Å². The molecule has 1 fully saturated rings. The van der Waals surface area contributed by atoms with Gasteiger partial charge < -0.3 is 24.1 Å². The van der Waals surface area contributed by atoms with E-state index in [2.05, 4.69) is 13.8 Å². The van der Waals surface area contributed by atoms with E-state index in [1.165, 1.54) is 16.2 Å². The summed E-state index contributed by atoms with van der Waals surface area (Å²) in [6.07, 6.45) is 0.875. The molecule has 6 rings (SSSR count). The maximum Gasteiger partial charge on any atom is 0.301 e. The van der Waals surface area contributed by atoms with Crippen molar-refractivity contribution in [2.45, 2.75) is 40.2 Å². The molecule has 1 aromatic heterocycles. The Hall–Kier alpha value is -4.57. The number of aliphatic hydroxyl groups is 1. The molecule has 2 aliphatic rings. The zero-order chi connectivity index (χ0) is 31.0. The number of fused-ring (bicyclic) bond motifs is 2. The summed E-state index contributed by atoms with van der Waals surface area (Å²) in [4.78, 5) is 33.7. The van der Waals surface area contributed by atoms with Crippen molar-refractivity contribution < 1.29 is 33.6 Å². The van der Waals surface area contributed by atoms with E-state index in [1.54, 1.807) is 36.4 Å². The number of amides is 1. The third kappa shape index (κ3) is 5.57. The van der Waals surface area contributed by atoms with Gasteiger partial charge in [0.2, 0.25) is 0 Å². The average molecular weight is 615 g/mol. The highest BCUT2D eigenvalue weighted by atomic mass is 32.1. The number of ether oxygens (including phenoxy) is 4. The molecule has 0 aliphatic carbocycles. The standard InChI is InChI=1S/C34H34N2O7S/c1-5-40-26-17-21(7-10-24(26)41-13-12-19(2)3)30-29(31(37)22-8-11-25-27(18-22)43-15-14-42-25)32(38)33(39)36(30)34-35-23-9-6-20(4)16-28(23)44-34/h6-11,16-19,30,37H,5,12-15H2,1-4H3/t30-/m1/s1. The predicted molar refractivity (Wildman–Crippen MR) is 169 cm³/mol. The minimum atomic E-state index is -0.978. The number of hydrogen-bond acceptors (Lipinski definition) is 9. The van der Waals surface area contributed by atoms with Crippen LogP contribution in [0.3, 0.4) is 0 Å². The zero-order valence-electron chi connectivity index (χ0n) is 25.1. The summed E-state index contributed by atoms with van der Waals surface area (Å²) in [6, 6.07) is 15.2. The molecule has 1 amide bonds. The van der Waals surface area contributed by atoms with Crippen molar-refractivity contribution in [1.82, 2.24) is 4.98 Å². The Morgan fingerprint density at radius 3 is 2.59 bits per heavy atom. The Labute approximate surface area is 259 Å². The number of rotatable bonds is 9. The summed E-state index contributed by atoms with van der Waals surface area (Å²) in [5.74, 6) is 0.614. The number of carbonyl (C=O) groups is 2. The number of benzene rings is 3. The second-order valence-electron chi connectivity index (χ2n) is 11.2. The molecule has 0 spiro atoms. The van der Waals surface area contributed by atoms with E-state index < -0.39 is 17.7 Å². The summed E-state index contributed by atoms with van der Waals surface area (Å²) in [5, 5.41) is 12.0. The molecule has 3 heterocycles. The number of ketones is 1. The number of Topliss-reactive ketones (excluding diaryl/α,β-unsaturated/α-hetero) is 1. The van der Waals surface area contributed by atoms with Crippen LogP contribution < -0.4 is 23.8 Å². The van der Waals surface area contributed by atoms with Gasteiger partial charge in [-0.2, -0.15) is 0 Å². The third-order valence-corrected chi connectivity index (χ3v) is 8.55. The van der Waals surface area contributed by atoms with E-state index in [0.29, 0.717) is 77.1 Å². The minimum absolute atomic E-state index is 0.0574. The van der Waals surface area contributed by atoms with Gasteiger partial charge in [0.05, 0.1) is 35.0 Å². The van der Waals surface area contributed by atoms with Crippen LogP contribution in [-0.2, 0) is 9.59 Å². The fourth-order valence-electron chi connectivity index (χ4n) is 5.30. The van der Waals surface area contributed by atoms with Crippen molar-refractivity contribution in [3.8, 4) is 23.0 Å². The maximum absolute atomic E-state index is 13.8. The second-order valence-corrected chi connectivity index (χ2v) is 12.2. The maximum atomic E-state index is 13.8.